The van der Waals surface area contributed by atoms with Gasteiger partial charge < -0.3 is 15.4 Å². The fourth-order valence-electron chi connectivity index (χ4n) is 2.82. The number of aromatic nitrogens is 3. The summed E-state index contributed by atoms with van der Waals surface area (Å²) < 4.78 is 1.98. The smallest absolute Gasteiger partial charge is 0.169 e. The molecule has 0 radical (unpaired) electrons. The summed E-state index contributed by atoms with van der Waals surface area (Å²) >= 11 is 6.75. The van der Waals surface area contributed by atoms with Gasteiger partial charge in [-0.25, -0.2) is 4.98 Å². The molecular formula is C21H24N4OS2. The van der Waals surface area contributed by atoms with Crippen molar-refractivity contribution >= 4 is 29.0 Å². The molecule has 0 spiro atoms. The predicted molar refractivity (Wildman–Crippen MR) is 117 cm³/mol. The van der Waals surface area contributed by atoms with Crippen LogP contribution in [0.1, 0.15) is 43.9 Å². The van der Waals surface area contributed by atoms with E-state index in [1.165, 1.54) is 0 Å². The van der Waals surface area contributed by atoms with Gasteiger partial charge in [-0.15, -0.1) is 0 Å². The normalized spacial score (nSPS) is 13.5. The van der Waals surface area contributed by atoms with Gasteiger partial charge in [-0.3, -0.25) is 4.98 Å². The van der Waals surface area contributed by atoms with Gasteiger partial charge in [0, 0.05) is 11.1 Å². The van der Waals surface area contributed by atoms with Crippen LogP contribution in [0.15, 0.2) is 64.6 Å². The number of nitrogens with two attached hydrogens (primary N) is 1. The average molecular weight is 413 g/mol. The lowest BCUT2D eigenvalue weighted by Gasteiger charge is -2.23. The van der Waals surface area contributed by atoms with E-state index >= 15 is 0 Å². The second-order valence-electron chi connectivity index (χ2n) is 7.04. The Morgan fingerprint density at radius 2 is 1.89 bits per heavy atom. The van der Waals surface area contributed by atoms with Gasteiger partial charge in [0.05, 0.1) is 17.9 Å². The van der Waals surface area contributed by atoms with Gasteiger partial charge in [-0.1, -0.05) is 62.1 Å². The molecule has 2 heterocycles. The number of nitrogens with zero attached hydrogens (tertiary/aromatic N) is 3. The van der Waals surface area contributed by atoms with Gasteiger partial charge in [0.25, 0.3) is 0 Å². The maximum atomic E-state index is 11.0. The van der Waals surface area contributed by atoms with E-state index in [9.17, 15) is 5.11 Å². The summed E-state index contributed by atoms with van der Waals surface area (Å²) in [7, 11) is 0. The van der Waals surface area contributed by atoms with Crippen molar-refractivity contribution in [2.75, 3.05) is 0 Å². The van der Waals surface area contributed by atoms with Crippen LogP contribution in [0.5, 0.6) is 0 Å². The molecule has 0 amide bonds. The first kappa shape index (κ1) is 20.5. The van der Waals surface area contributed by atoms with E-state index in [1.807, 2.05) is 41.0 Å². The first-order valence-corrected chi connectivity index (χ1v) is 10.3. The standard InChI is InChI=1S/C21H24N4OS2/c1-14(2)17-18(28-16-10-5-4-6-11-16)25(13-15-9-7-8-12-23-15)20(24-17)21(3,26)19(22)27/h4-12,14,26H,13H2,1-3H3,(H2,22,27). The lowest BCUT2D eigenvalue weighted by atomic mass is 10.1. The Labute approximate surface area is 175 Å². The van der Waals surface area contributed by atoms with Crippen LogP contribution in [0.2, 0.25) is 0 Å². The fraction of sp³-hybridized carbons (Fsp3) is 0.286. The number of imidazole rings is 1. The third-order valence-electron chi connectivity index (χ3n) is 4.41. The lowest BCUT2D eigenvalue weighted by Crippen LogP contribution is -2.39. The zero-order chi connectivity index (χ0) is 20.3. The Balaban J connectivity index is 2.19. The number of hydrogen-bond donors (Lipinski definition) is 2. The summed E-state index contributed by atoms with van der Waals surface area (Å²) in [5.41, 5.74) is 6.10. The Morgan fingerprint density at radius 3 is 2.46 bits per heavy atom. The molecule has 3 rings (SSSR count). The van der Waals surface area contributed by atoms with E-state index in [0.717, 1.165) is 21.3 Å². The Bertz CT molecular complexity index is 953. The maximum absolute atomic E-state index is 11.0. The number of benzene rings is 1. The number of hydrogen-bond acceptors (Lipinski definition) is 5. The summed E-state index contributed by atoms with van der Waals surface area (Å²) in [6.45, 7) is 6.22. The summed E-state index contributed by atoms with van der Waals surface area (Å²) in [5.74, 6) is 0.602. The summed E-state index contributed by atoms with van der Waals surface area (Å²) in [6, 6.07) is 15.9. The Kier molecular flexibility index (Phi) is 6.17. The van der Waals surface area contributed by atoms with E-state index in [0.29, 0.717) is 12.4 Å². The summed E-state index contributed by atoms with van der Waals surface area (Å²) in [6.07, 6.45) is 1.75. The van der Waals surface area contributed by atoms with Gasteiger partial charge >= 0.3 is 0 Å². The zero-order valence-corrected chi connectivity index (χ0v) is 17.8. The summed E-state index contributed by atoms with van der Waals surface area (Å²) in [4.78, 5) is 10.3. The largest absolute Gasteiger partial charge is 0.391 e. The highest BCUT2D eigenvalue weighted by molar-refractivity contribution is 7.99. The van der Waals surface area contributed by atoms with Crippen molar-refractivity contribution in [3.8, 4) is 0 Å². The van der Waals surface area contributed by atoms with Gasteiger partial charge in [0.15, 0.2) is 5.60 Å². The molecular weight excluding hydrogens is 388 g/mol. The van der Waals surface area contributed by atoms with Crippen molar-refractivity contribution in [1.29, 1.82) is 0 Å². The molecule has 0 saturated carbocycles. The van der Waals surface area contributed by atoms with Crippen LogP contribution in [0.4, 0.5) is 0 Å². The minimum Gasteiger partial charge on any atom is -0.391 e. The second-order valence-corrected chi connectivity index (χ2v) is 8.54. The van der Waals surface area contributed by atoms with E-state index in [1.54, 1.807) is 24.9 Å². The second kappa shape index (κ2) is 8.43. The van der Waals surface area contributed by atoms with E-state index in [-0.39, 0.29) is 10.9 Å². The highest BCUT2D eigenvalue weighted by Gasteiger charge is 2.35. The van der Waals surface area contributed by atoms with Crippen LogP contribution in [-0.4, -0.2) is 24.6 Å². The molecule has 1 atom stereocenters. The third kappa shape index (κ3) is 4.27. The molecule has 0 saturated heterocycles. The van der Waals surface area contributed by atoms with Gasteiger partial charge in [-0.05, 0) is 37.1 Å². The number of thiocarbonyl (C=S) groups is 1. The zero-order valence-electron chi connectivity index (χ0n) is 16.2. The molecule has 5 nitrogen and oxygen atoms in total. The van der Waals surface area contributed by atoms with E-state index < -0.39 is 5.60 Å². The van der Waals surface area contributed by atoms with Crippen molar-refractivity contribution in [2.45, 2.75) is 48.8 Å². The van der Waals surface area contributed by atoms with Gasteiger partial charge in [-0.2, -0.15) is 0 Å². The van der Waals surface area contributed by atoms with E-state index in [2.05, 4.69) is 31.0 Å². The minimum absolute atomic E-state index is 0.00802. The fourth-order valence-corrected chi connectivity index (χ4v) is 4.08. The molecule has 3 aromatic rings. The van der Waals surface area contributed by atoms with Crippen molar-refractivity contribution < 1.29 is 5.11 Å². The van der Waals surface area contributed by atoms with Crippen LogP contribution in [0.3, 0.4) is 0 Å². The van der Waals surface area contributed by atoms with Crippen LogP contribution in [0.25, 0.3) is 0 Å². The number of aliphatic hydroxyl groups is 1. The first-order chi connectivity index (χ1) is 13.3. The predicted octanol–water partition coefficient (Wildman–Crippen LogP) is 4.09. The molecule has 3 N–H and O–H groups in total. The maximum Gasteiger partial charge on any atom is 0.169 e. The molecule has 0 aliphatic rings. The van der Waals surface area contributed by atoms with Crippen LogP contribution in [-0.2, 0) is 12.1 Å². The van der Waals surface area contributed by atoms with Gasteiger partial charge in [0.2, 0.25) is 0 Å². The van der Waals surface area contributed by atoms with Gasteiger partial charge in [0.1, 0.15) is 15.8 Å². The minimum atomic E-state index is -1.52. The van der Waals surface area contributed by atoms with Crippen molar-refractivity contribution in [2.24, 2.45) is 5.73 Å². The molecule has 0 bridgehead atoms. The average Bonchev–Trinajstić information content (AvgIpc) is 3.02. The molecule has 28 heavy (non-hydrogen) atoms. The molecule has 0 aliphatic heterocycles. The van der Waals surface area contributed by atoms with E-state index in [4.69, 9.17) is 22.9 Å². The van der Waals surface area contributed by atoms with Crippen LogP contribution < -0.4 is 5.73 Å². The molecule has 2 aromatic heterocycles. The highest BCUT2D eigenvalue weighted by Crippen LogP contribution is 2.37. The highest BCUT2D eigenvalue weighted by atomic mass is 32.2. The lowest BCUT2D eigenvalue weighted by molar-refractivity contribution is 0.119. The Hall–Kier alpha value is -2.22. The first-order valence-electron chi connectivity index (χ1n) is 9.06. The summed E-state index contributed by atoms with van der Waals surface area (Å²) in [5, 5.41) is 12.0. The molecule has 7 heteroatoms. The molecule has 146 valence electrons. The van der Waals surface area contributed by atoms with Crippen molar-refractivity contribution in [3.05, 3.63) is 71.9 Å². The van der Waals surface area contributed by atoms with Crippen LogP contribution >= 0.6 is 24.0 Å². The topological polar surface area (TPSA) is 77.0 Å². The van der Waals surface area contributed by atoms with Crippen LogP contribution in [0, 0.1) is 0 Å². The monoisotopic (exact) mass is 412 g/mol. The Morgan fingerprint density at radius 1 is 1.21 bits per heavy atom. The van der Waals surface area contributed by atoms with Crippen molar-refractivity contribution in [3.63, 3.8) is 0 Å². The molecule has 0 aliphatic carbocycles. The molecule has 1 unspecified atom stereocenters. The molecule has 0 fully saturated rings. The quantitative estimate of drug-likeness (QED) is 0.569. The van der Waals surface area contributed by atoms with Crippen molar-refractivity contribution in [1.82, 2.24) is 14.5 Å². The number of pyridine rings is 1. The number of rotatable bonds is 7. The third-order valence-corrected chi connectivity index (χ3v) is 5.94. The SMILES string of the molecule is CC(C)c1nc(C(C)(O)C(N)=S)n(Cc2ccccn2)c1Sc1ccccc1. The molecule has 1 aromatic carbocycles.